The topological polar surface area (TPSA) is 61.3 Å². The van der Waals surface area contributed by atoms with Crippen LogP contribution in [0.2, 0.25) is 0 Å². The monoisotopic (exact) mass is 362 g/mol. The number of nitrogens with one attached hydrogen (secondary N) is 1. The summed E-state index contributed by atoms with van der Waals surface area (Å²) in [5, 5.41) is 25.0. The summed E-state index contributed by atoms with van der Waals surface area (Å²) in [5.74, 6) is 1.06. The van der Waals surface area contributed by atoms with E-state index in [1.165, 1.54) is 13.0 Å². The minimum absolute atomic E-state index is 0.237. The number of hydrogen-bond donors (Lipinski definition) is 2. The molecule has 0 aliphatic carbocycles. The number of hydrogen-bond acceptors (Lipinski definition) is 5. The van der Waals surface area contributed by atoms with Crippen LogP contribution in [0.5, 0.6) is 5.75 Å². The first-order chi connectivity index (χ1) is 13.2. The maximum atomic E-state index is 10.4. The maximum Gasteiger partial charge on any atom is 0.156 e. The molecule has 1 aliphatic rings. The summed E-state index contributed by atoms with van der Waals surface area (Å²) in [7, 11) is 0. The SMILES string of the molecule is CCN1CCCC(Nc2nnc(-c3ccc(C)cc3O)c3ccccc23)C1. The molecule has 5 heteroatoms. The fourth-order valence-corrected chi connectivity index (χ4v) is 3.91. The van der Waals surface area contributed by atoms with Crippen molar-refractivity contribution in [3.8, 4) is 17.0 Å². The van der Waals surface area contributed by atoms with Crippen molar-refractivity contribution >= 4 is 16.6 Å². The zero-order valence-corrected chi connectivity index (χ0v) is 15.9. The van der Waals surface area contributed by atoms with E-state index in [2.05, 4.69) is 33.4 Å². The van der Waals surface area contributed by atoms with Crippen LogP contribution < -0.4 is 5.32 Å². The summed E-state index contributed by atoms with van der Waals surface area (Å²) in [5.41, 5.74) is 2.45. The average molecular weight is 362 g/mol. The molecule has 2 N–H and O–H groups in total. The van der Waals surface area contributed by atoms with Gasteiger partial charge in [0, 0.05) is 28.9 Å². The van der Waals surface area contributed by atoms with Crippen LogP contribution in [-0.4, -0.2) is 45.9 Å². The number of anilines is 1. The number of piperidine rings is 1. The Labute approximate surface area is 160 Å². The molecule has 1 atom stereocenters. The fraction of sp³-hybridized carbons (Fsp3) is 0.364. The zero-order valence-electron chi connectivity index (χ0n) is 15.9. The summed E-state index contributed by atoms with van der Waals surface area (Å²) >= 11 is 0. The predicted molar refractivity (Wildman–Crippen MR) is 110 cm³/mol. The highest BCUT2D eigenvalue weighted by Gasteiger charge is 2.21. The van der Waals surface area contributed by atoms with Gasteiger partial charge in [-0.05, 0) is 50.6 Å². The first kappa shape index (κ1) is 17.7. The average Bonchev–Trinajstić information content (AvgIpc) is 2.69. The van der Waals surface area contributed by atoms with Gasteiger partial charge in [0.05, 0.1) is 0 Å². The number of likely N-dealkylation sites (N-methyl/N-ethyl adjacent to an activating group) is 1. The molecule has 1 aliphatic heterocycles. The van der Waals surface area contributed by atoms with Gasteiger partial charge in [0.2, 0.25) is 0 Å². The van der Waals surface area contributed by atoms with E-state index in [0.717, 1.165) is 41.7 Å². The summed E-state index contributed by atoms with van der Waals surface area (Å²) in [6.07, 6.45) is 2.35. The van der Waals surface area contributed by atoms with Crippen molar-refractivity contribution < 1.29 is 5.11 Å². The Morgan fingerprint density at radius 3 is 2.74 bits per heavy atom. The summed E-state index contributed by atoms with van der Waals surface area (Å²) in [6, 6.07) is 14.2. The molecule has 2 heterocycles. The molecule has 1 saturated heterocycles. The van der Waals surface area contributed by atoms with Crippen LogP contribution in [0.4, 0.5) is 5.82 Å². The highest BCUT2D eigenvalue weighted by atomic mass is 16.3. The number of rotatable bonds is 4. The fourth-order valence-electron chi connectivity index (χ4n) is 3.91. The standard InChI is InChI=1S/C22H26N4O/c1-3-26-12-6-7-16(14-26)23-22-18-9-5-4-8-17(18)21(24-25-22)19-11-10-15(2)13-20(19)27/h4-5,8-11,13,16,27H,3,6-7,12,14H2,1-2H3,(H,23,25). The number of aryl methyl sites for hydroxylation is 1. The molecule has 140 valence electrons. The van der Waals surface area contributed by atoms with Crippen LogP contribution in [0.3, 0.4) is 0 Å². The Hall–Kier alpha value is -2.66. The third-order valence-electron chi connectivity index (χ3n) is 5.39. The van der Waals surface area contributed by atoms with Crippen molar-refractivity contribution in [2.75, 3.05) is 25.0 Å². The molecule has 3 aromatic rings. The molecule has 4 rings (SSSR count). The molecule has 1 fully saturated rings. The third-order valence-corrected chi connectivity index (χ3v) is 5.39. The lowest BCUT2D eigenvalue weighted by atomic mass is 10.0. The van der Waals surface area contributed by atoms with Gasteiger partial charge in [0.15, 0.2) is 5.82 Å². The third kappa shape index (κ3) is 3.60. The molecule has 2 aromatic carbocycles. The summed E-state index contributed by atoms with van der Waals surface area (Å²) in [4.78, 5) is 2.47. The number of fused-ring (bicyclic) bond motifs is 1. The maximum absolute atomic E-state index is 10.4. The van der Waals surface area contributed by atoms with E-state index in [4.69, 9.17) is 0 Å². The number of phenols is 1. The lowest BCUT2D eigenvalue weighted by Crippen LogP contribution is -2.42. The first-order valence-corrected chi connectivity index (χ1v) is 9.70. The molecule has 0 spiro atoms. The summed E-state index contributed by atoms with van der Waals surface area (Å²) < 4.78 is 0. The number of aromatic hydroxyl groups is 1. The van der Waals surface area contributed by atoms with Gasteiger partial charge >= 0.3 is 0 Å². The molecule has 5 nitrogen and oxygen atoms in total. The van der Waals surface area contributed by atoms with Gasteiger partial charge in [0.25, 0.3) is 0 Å². The molecule has 1 unspecified atom stereocenters. The van der Waals surface area contributed by atoms with Gasteiger partial charge in [-0.15, -0.1) is 10.2 Å². The van der Waals surface area contributed by atoms with Crippen molar-refractivity contribution in [1.29, 1.82) is 0 Å². The van der Waals surface area contributed by atoms with E-state index in [1.54, 1.807) is 6.07 Å². The van der Waals surface area contributed by atoms with Gasteiger partial charge < -0.3 is 15.3 Å². The number of aromatic nitrogens is 2. The van der Waals surface area contributed by atoms with Crippen LogP contribution in [0.25, 0.3) is 22.0 Å². The number of phenolic OH excluding ortho intramolecular Hbond substituents is 1. The van der Waals surface area contributed by atoms with E-state index in [9.17, 15) is 5.11 Å². The normalized spacial score (nSPS) is 17.9. The second-order valence-corrected chi connectivity index (χ2v) is 7.34. The highest BCUT2D eigenvalue weighted by molar-refractivity contribution is 6.00. The zero-order chi connectivity index (χ0) is 18.8. The molecular weight excluding hydrogens is 336 g/mol. The van der Waals surface area contributed by atoms with Gasteiger partial charge in [-0.2, -0.15) is 0 Å². The van der Waals surface area contributed by atoms with Crippen LogP contribution in [0.1, 0.15) is 25.3 Å². The first-order valence-electron chi connectivity index (χ1n) is 9.70. The minimum Gasteiger partial charge on any atom is -0.507 e. The van der Waals surface area contributed by atoms with E-state index in [-0.39, 0.29) is 5.75 Å². The van der Waals surface area contributed by atoms with Gasteiger partial charge in [-0.25, -0.2) is 0 Å². The van der Waals surface area contributed by atoms with Crippen LogP contribution in [0, 0.1) is 6.92 Å². The van der Waals surface area contributed by atoms with Crippen LogP contribution >= 0.6 is 0 Å². The Balaban J connectivity index is 1.72. The predicted octanol–water partition coefficient (Wildman–Crippen LogP) is 4.21. The van der Waals surface area contributed by atoms with Crippen molar-refractivity contribution in [3.05, 3.63) is 48.0 Å². The van der Waals surface area contributed by atoms with Crippen molar-refractivity contribution in [3.63, 3.8) is 0 Å². The van der Waals surface area contributed by atoms with Crippen LogP contribution in [-0.2, 0) is 0 Å². The molecule has 0 saturated carbocycles. The largest absolute Gasteiger partial charge is 0.507 e. The molecule has 0 bridgehead atoms. The Bertz CT molecular complexity index is 956. The second-order valence-electron chi connectivity index (χ2n) is 7.34. The Morgan fingerprint density at radius 2 is 1.96 bits per heavy atom. The minimum atomic E-state index is 0.237. The smallest absolute Gasteiger partial charge is 0.156 e. The Morgan fingerprint density at radius 1 is 1.15 bits per heavy atom. The number of likely N-dealkylation sites (tertiary alicyclic amines) is 1. The number of nitrogens with zero attached hydrogens (tertiary/aromatic N) is 3. The second kappa shape index (κ2) is 7.53. The molecule has 27 heavy (non-hydrogen) atoms. The highest BCUT2D eigenvalue weighted by Crippen LogP contribution is 2.35. The molecule has 0 amide bonds. The van der Waals surface area contributed by atoms with Crippen molar-refractivity contribution in [2.45, 2.75) is 32.7 Å². The van der Waals surface area contributed by atoms with Crippen molar-refractivity contribution in [2.24, 2.45) is 0 Å². The van der Waals surface area contributed by atoms with Crippen LogP contribution in [0.15, 0.2) is 42.5 Å². The van der Waals surface area contributed by atoms with E-state index >= 15 is 0 Å². The quantitative estimate of drug-likeness (QED) is 0.728. The number of benzene rings is 2. The molecule has 0 radical (unpaired) electrons. The van der Waals surface area contributed by atoms with E-state index < -0.39 is 0 Å². The lowest BCUT2D eigenvalue weighted by Gasteiger charge is -2.32. The summed E-state index contributed by atoms with van der Waals surface area (Å²) in [6.45, 7) is 7.46. The Kier molecular flexibility index (Phi) is 4.94. The van der Waals surface area contributed by atoms with Gasteiger partial charge in [0.1, 0.15) is 11.4 Å². The van der Waals surface area contributed by atoms with E-state index in [1.807, 2.05) is 37.3 Å². The van der Waals surface area contributed by atoms with Gasteiger partial charge in [-0.1, -0.05) is 37.3 Å². The van der Waals surface area contributed by atoms with E-state index in [0.29, 0.717) is 17.3 Å². The van der Waals surface area contributed by atoms with Crippen molar-refractivity contribution in [1.82, 2.24) is 15.1 Å². The molecular formula is C22H26N4O. The van der Waals surface area contributed by atoms with Gasteiger partial charge in [-0.3, -0.25) is 0 Å². The lowest BCUT2D eigenvalue weighted by molar-refractivity contribution is 0.226. The molecule has 1 aromatic heterocycles.